The van der Waals surface area contributed by atoms with Crippen molar-refractivity contribution in [3.8, 4) is 0 Å². The van der Waals surface area contributed by atoms with E-state index < -0.39 is 0 Å². The van der Waals surface area contributed by atoms with E-state index in [0.29, 0.717) is 0 Å². The molecule has 96 valence electrons. The van der Waals surface area contributed by atoms with Gasteiger partial charge < -0.3 is 0 Å². The maximum Gasteiger partial charge on any atom is -0.00611 e. The summed E-state index contributed by atoms with van der Waals surface area (Å²) in [7, 11) is 0. The average Bonchev–Trinajstić information content (AvgIpc) is 2.44. The van der Waals surface area contributed by atoms with Gasteiger partial charge in [0.15, 0.2) is 0 Å². The van der Waals surface area contributed by atoms with E-state index in [2.05, 4.69) is 61.5 Å². The van der Waals surface area contributed by atoms with Crippen LogP contribution in [0, 0.1) is 0 Å². The van der Waals surface area contributed by atoms with Crippen molar-refractivity contribution in [3.63, 3.8) is 0 Å². The zero-order valence-electron chi connectivity index (χ0n) is 11.5. The van der Waals surface area contributed by atoms with Gasteiger partial charge >= 0.3 is 0 Å². The summed E-state index contributed by atoms with van der Waals surface area (Å²) in [6, 6.07) is 19.8. The number of aryl methyl sites for hydroxylation is 1. The van der Waals surface area contributed by atoms with Crippen LogP contribution in [0.5, 0.6) is 0 Å². The largest absolute Gasteiger partial charge is 0.0651 e. The van der Waals surface area contributed by atoms with Crippen LogP contribution in [0.2, 0.25) is 0 Å². The molecule has 0 fully saturated rings. The lowest BCUT2D eigenvalue weighted by Crippen LogP contribution is -2.02. The van der Waals surface area contributed by atoms with Gasteiger partial charge in [-0.1, -0.05) is 60.2 Å². The molecule has 0 radical (unpaired) electrons. The van der Waals surface area contributed by atoms with Crippen LogP contribution in [-0.2, 0) is 12.8 Å². The summed E-state index contributed by atoms with van der Waals surface area (Å²) in [6.45, 7) is 2.30. The number of benzene rings is 2. The minimum absolute atomic E-state index is 1.10. The van der Waals surface area contributed by atoms with Crippen LogP contribution in [0.4, 0.5) is 0 Å². The van der Waals surface area contributed by atoms with Crippen LogP contribution >= 0.6 is 0 Å². The van der Waals surface area contributed by atoms with E-state index in [0.717, 1.165) is 6.42 Å². The highest BCUT2D eigenvalue weighted by Gasteiger charge is 2.12. The molecule has 2 aromatic carbocycles. The molecular formula is C19H20. The van der Waals surface area contributed by atoms with Gasteiger partial charge in [0.2, 0.25) is 0 Å². The third-order valence-electron chi connectivity index (χ3n) is 4.08. The highest BCUT2D eigenvalue weighted by molar-refractivity contribution is 5.69. The van der Waals surface area contributed by atoms with Gasteiger partial charge in [0.05, 0.1) is 0 Å². The number of rotatable bonds is 1. The smallest absolute Gasteiger partial charge is 0.00611 e. The van der Waals surface area contributed by atoms with Crippen LogP contribution in [-0.4, -0.2) is 0 Å². The first-order chi connectivity index (χ1) is 9.34. The van der Waals surface area contributed by atoms with Gasteiger partial charge in [-0.15, -0.1) is 0 Å². The molecule has 0 heterocycles. The predicted octanol–water partition coefficient (Wildman–Crippen LogP) is 5.04. The number of allylic oxidation sites excluding steroid dienone is 2. The molecule has 3 rings (SSSR count). The second-order valence-corrected chi connectivity index (χ2v) is 5.42. The van der Waals surface area contributed by atoms with E-state index in [1.54, 1.807) is 5.57 Å². The van der Waals surface area contributed by atoms with Gasteiger partial charge in [0.25, 0.3) is 0 Å². The van der Waals surface area contributed by atoms with Crippen LogP contribution in [0.1, 0.15) is 36.5 Å². The van der Waals surface area contributed by atoms with Crippen molar-refractivity contribution in [1.82, 2.24) is 0 Å². The molecule has 1 aliphatic carbocycles. The van der Waals surface area contributed by atoms with E-state index in [4.69, 9.17) is 0 Å². The number of hydrogen-bond acceptors (Lipinski definition) is 0. The monoisotopic (exact) mass is 248 g/mol. The molecule has 0 N–H and O–H groups in total. The van der Waals surface area contributed by atoms with Gasteiger partial charge in [0, 0.05) is 0 Å². The fourth-order valence-electron chi connectivity index (χ4n) is 3.07. The van der Waals surface area contributed by atoms with Gasteiger partial charge in [-0.05, 0) is 54.9 Å². The van der Waals surface area contributed by atoms with E-state index >= 15 is 0 Å². The Morgan fingerprint density at radius 2 is 1.42 bits per heavy atom. The minimum atomic E-state index is 1.10. The van der Waals surface area contributed by atoms with Crippen molar-refractivity contribution in [3.05, 3.63) is 76.9 Å². The summed E-state index contributed by atoms with van der Waals surface area (Å²) in [6.07, 6.45) is 4.75. The second-order valence-electron chi connectivity index (χ2n) is 5.42. The van der Waals surface area contributed by atoms with Crippen molar-refractivity contribution in [2.24, 2.45) is 0 Å². The summed E-state index contributed by atoms with van der Waals surface area (Å²) in [5, 5.41) is 0. The van der Waals surface area contributed by atoms with Gasteiger partial charge in [-0.25, -0.2) is 0 Å². The molecule has 0 spiro atoms. The molecule has 2 aromatic rings. The summed E-state index contributed by atoms with van der Waals surface area (Å²) >= 11 is 0. The van der Waals surface area contributed by atoms with Crippen molar-refractivity contribution < 1.29 is 0 Å². The Kier molecular flexibility index (Phi) is 3.50. The first kappa shape index (κ1) is 12.2. The Balaban J connectivity index is 2.00. The van der Waals surface area contributed by atoms with Crippen LogP contribution in [0.15, 0.2) is 60.2 Å². The first-order valence-corrected chi connectivity index (χ1v) is 7.15. The molecule has 0 saturated carbocycles. The van der Waals surface area contributed by atoms with Crippen LogP contribution in [0.3, 0.4) is 0 Å². The maximum absolute atomic E-state index is 2.30. The summed E-state index contributed by atoms with van der Waals surface area (Å²) in [5.74, 6) is 0. The van der Waals surface area contributed by atoms with Crippen molar-refractivity contribution in [2.45, 2.75) is 32.6 Å². The summed E-state index contributed by atoms with van der Waals surface area (Å²) in [5.41, 5.74) is 7.52. The van der Waals surface area contributed by atoms with Crippen LogP contribution < -0.4 is 0 Å². The fourth-order valence-corrected chi connectivity index (χ4v) is 3.07. The molecule has 0 aromatic heterocycles. The van der Waals surface area contributed by atoms with E-state index in [-0.39, 0.29) is 0 Å². The fraction of sp³-hybridized carbons (Fsp3) is 0.263. The second kappa shape index (κ2) is 5.44. The average molecular weight is 248 g/mol. The molecule has 19 heavy (non-hydrogen) atoms. The first-order valence-electron chi connectivity index (χ1n) is 7.15. The minimum Gasteiger partial charge on any atom is -0.0651 e. The SMILES string of the molecule is CC1=C(c2ccccc2)CCCc2ccccc2C1. The Bertz CT molecular complexity index is 590. The van der Waals surface area contributed by atoms with E-state index in [1.807, 2.05) is 0 Å². The zero-order valence-corrected chi connectivity index (χ0v) is 11.5. The molecule has 0 aliphatic heterocycles. The standard InChI is InChI=1S/C19H20/c1-15-14-18-11-6-5-8-16(18)12-7-13-19(15)17-9-3-2-4-10-17/h2-6,8-11H,7,12-14H2,1H3. The Morgan fingerprint density at radius 3 is 2.21 bits per heavy atom. The Hall–Kier alpha value is -1.82. The highest BCUT2D eigenvalue weighted by Crippen LogP contribution is 2.30. The summed E-state index contributed by atoms with van der Waals surface area (Å²) < 4.78 is 0. The summed E-state index contributed by atoms with van der Waals surface area (Å²) in [4.78, 5) is 0. The number of hydrogen-bond donors (Lipinski definition) is 0. The van der Waals surface area contributed by atoms with Crippen molar-refractivity contribution in [1.29, 1.82) is 0 Å². The van der Waals surface area contributed by atoms with Crippen molar-refractivity contribution >= 4 is 5.57 Å². The molecular weight excluding hydrogens is 228 g/mol. The number of fused-ring (bicyclic) bond motifs is 1. The topological polar surface area (TPSA) is 0 Å². The third kappa shape index (κ3) is 2.63. The predicted molar refractivity (Wildman–Crippen MR) is 82.1 cm³/mol. The van der Waals surface area contributed by atoms with Crippen LogP contribution in [0.25, 0.3) is 5.57 Å². The van der Waals surface area contributed by atoms with E-state index in [1.165, 1.54) is 41.5 Å². The lowest BCUT2D eigenvalue weighted by molar-refractivity contribution is 0.822. The molecule has 0 heteroatoms. The van der Waals surface area contributed by atoms with Crippen molar-refractivity contribution in [2.75, 3.05) is 0 Å². The molecule has 0 nitrogen and oxygen atoms in total. The maximum atomic E-state index is 2.30. The Labute approximate surface area is 115 Å². The molecule has 0 saturated heterocycles. The molecule has 0 atom stereocenters. The quantitative estimate of drug-likeness (QED) is 0.663. The van der Waals surface area contributed by atoms with Gasteiger partial charge in [-0.2, -0.15) is 0 Å². The Morgan fingerprint density at radius 1 is 0.737 bits per heavy atom. The normalized spacial score (nSPS) is 15.6. The lowest BCUT2D eigenvalue weighted by atomic mass is 9.87. The van der Waals surface area contributed by atoms with Gasteiger partial charge in [-0.3, -0.25) is 0 Å². The molecule has 0 amide bonds. The molecule has 1 aliphatic rings. The third-order valence-corrected chi connectivity index (χ3v) is 4.08. The highest BCUT2D eigenvalue weighted by atomic mass is 14.2. The molecule has 0 bridgehead atoms. The molecule has 0 unspecified atom stereocenters. The van der Waals surface area contributed by atoms with E-state index in [9.17, 15) is 0 Å². The zero-order chi connectivity index (χ0) is 13.1. The lowest BCUT2D eigenvalue weighted by Gasteiger charge is -2.19. The van der Waals surface area contributed by atoms with Gasteiger partial charge in [0.1, 0.15) is 0 Å².